The zero-order valence-corrected chi connectivity index (χ0v) is 17.8. The summed E-state index contributed by atoms with van der Waals surface area (Å²) < 4.78 is 2.17. The van der Waals surface area contributed by atoms with Gasteiger partial charge in [-0.1, -0.05) is 64.0 Å². The quantitative estimate of drug-likeness (QED) is 0.490. The minimum Gasteiger partial charge on any atom is -0.350 e. The van der Waals surface area contributed by atoms with E-state index in [0.717, 1.165) is 21.2 Å². The highest BCUT2D eigenvalue weighted by molar-refractivity contribution is 9.10. The maximum Gasteiger partial charge on any atom is 0.264 e. The fourth-order valence-corrected chi connectivity index (χ4v) is 3.38. The number of fused-ring (bicyclic) bond motifs is 1. The summed E-state index contributed by atoms with van der Waals surface area (Å²) in [6.45, 7) is 2.23. The summed E-state index contributed by atoms with van der Waals surface area (Å²) in [7, 11) is 0. The molecule has 4 aromatic rings. The van der Waals surface area contributed by atoms with Crippen LogP contribution in [0.3, 0.4) is 0 Å². The van der Waals surface area contributed by atoms with Crippen molar-refractivity contribution in [1.29, 1.82) is 0 Å². The molecule has 0 aliphatic rings. The van der Waals surface area contributed by atoms with Crippen LogP contribution < -0.4 is 10.9 Å². The monoisotopic (exact) mass is 463 g/mol. The third-order valence-corrected chi connectivity index (χ3v) is 5.41. The average molecular weight is 464 g/mol. The van der Waals surface area contributed by atoms with Crippen LogP contribution in [0.1, 0.15) is 11.1 Å². The van der Waals surface area contributed by atoms with E-state index < -0.39 is 0 Å². The molecule has 0 saturated carbocycles. The molecule has 0 spiro atoms. The Kier molecular flexibility index (Phi) is 5.67. The number of carbonyl (C=O) groups excluding carboxylic acids is 1. The lowest BCUT2D eigenvalue weighted by Crippen LogP contribution is -2.32. The number of benzene rings is 2. The molecule has 7 nitrogen and oxygen atoms in total. The van der Waals surface area contributed by atoms with Crippen molar-refractivity contribution in [2.24, 2.45) is 0 Å². The van der Waals surface area contributed by atoms with Gasteiger partial charge in [0, 0.05) is 22.8 Å². The Bertz CT molecular complexity index is 1280. The molecule has 0 aliphatic carbocycles. The highest BCUT2D eigenvalue weighted by Gasteiger charge is 2.11. The number of hydrogen-bond donors (Lipinski definition) is 1. The SMILES string of the molecule is Cc1ccc(-c2ncc3c(=O)n(CC(=O)NCc4ccccc4Br)cnc3n2)cc1. The van der Waals surface area contributed by atoms with Crippen LogP contribution in [-0.2, 0) is 17.9 Å². The van der Waals surface area contributed by atoms with Crippen LogP contribution >= 0.6 is 15.9 Å². The van der Waals surface area contributed by atoms with Crippen molar-refractivity contribution < 1.29 is 4.79 Å². The molecule has 0 saturated heterocycles. The van der Waals surface area contributed by atoms with Gasteiger partial charge in [0.05, 0.1) is 0 Å². The van der Waals surface area contributed by atoms with Crippen molar-refractivity contribution in [3.8, 4) is 11.4 Å². The second kappa shape index (κ2) is 8.54. The number of aromatic nitrogens is 4. The number of nitrogens with zero attached hydrogens (tertiary/aromatic N) is 4. The lowest BCUT2D eigenvalue weighted by molar-refractivity contribution is -0.121. The maximum absolute atomic E-state index is 12.7. The van der Waals surface area contributed by atoms with Gasteiger partial charge < -0.3 is 5.32 Å². The molecule has 150 valence electrons. The first kappa shape index (κ1) is 19.9. The van der Waals surface area contributed by atoms with Crippen molar-refractivity contribution in [2.45, 2.75) is 20.0 Å². The van der Waals surface area contributed by atoms with Gasteiger partial charge in [-0.15, -0.1) is 0 Å². The third-order valence-electron chi connectivity index (χ3n) is 4.64. The molecule has 8 heteroatoms. The molecule has 1 N–H and O–H groups in total. The van der Waals surface area contributed by atoms with Crippen molar-refractivity contribution in [1.82, 2.24) is 24.8 Å². The number of carbonyl (C=O) groups is 1. The molecule has 0 atom stereocenters. The van der Waals surface area contributed by atoms with Gasteiger partial charge in [0.2, 0.25) is 5.91 Å². The Morgan fingerprint density at radius 2 is 1.87 bits per heavy atom. The van der Waals surface area contributed by atoms with Gasteiger partial charge in [0.15, 0.2) is 11.5 Å². The van der Waals surface area contributed by atoms with Gasteiger partial charge in [-0.3, -0.25) is 14.2 Å². The molecule has 0 unspecified atom stereocenters. The zero-order valence-electron chi connectivity index (χ0n) is 16.2. The minimum atomic E-state index is -0.355. The lowest BCUT2D eigenvalue weighted by atomic mass is 10.1. The third kappa shape index (κ3) is 4.28. The number of amides is 1. The molecule has 2 heterocycles. The molecule has 0 fully saturated rings. The second-order valence-corrected chi connectivity index (χ2v) is 7.70. The van der Waals surface area contributed by atoms with E-state index in [-0.39, 0.29) is 23.4 Å². The summed E-state index contributed by atoms with van der Waals surface area (Å²) in [4.78, 5) is 38.0. The Morgan fingerprint density at radius 3 is 2.63 bits per heavy atom. The molecule has 2 aromatic carbocycles. The first-order valence-corrected chi connectivity index (χ1v) is 10.1. The van der Waals surface area contributed by atoms with Crippen LogP contribution in [0.5, 0.6) is 0 Å². The first-order valence-electron chi connectivity index (χ1n) is 9.30. The van der Waals surface area contributed by atoms with E-state index in [4.69, 9.17) is 0 Å². The summed E-state index contributed by atoms with van der Waals surface area (Å²) in [6.07, 6.45) is 2.80. The van der Waals surface area contributed by atoms with Crippen molar-refractivity contribution in [3.05, 3.63) is 87.0 Å². The normalized spacial score (nSPS) is 10.9. The number of aryl methyl sites for hydroxylation is 1. The number of nitrogens with one attached hydrogen (secondary N) is 1. The highest BCUT2D eigenvalue weighted by atomic mass is 79.9. The average Bonchev–Trinajstić information content (AvgIpc) is 2.75. The molecular formula is C22H18BrN5O2. The van der Waals surface area contributed by atoms with Crippen molar-refractivity contribution in [2.75, 3.05) is 0 Å². The Balaban J connectivity index is 1.52. The minimum absolute atomic E-state index is 0.133. The fraction of sp³-hybridized carbons (Fsp3) is 0.136. The molecular weight excluding hydrogens is 446 g/mol. The summed E-state index contributed by atoms with van der Waals surface area (Å²) in [5.41, 5.74) is 2.88. The topological polar surface area (TPSA) is 89.8 Å². The van der Waals surface area contributed by atoms with Gasteiger partial charge in [-0.05, 0) is 18.6 Å². The molecule has 2 aromatic heterocycles. The summed E-state index contributed by atoms with van der Waals surface area (Å²) in [5, 5.41) is 3.08. The van der Waals surface area contributed by atoms with E-state index in [9.17, 15) is 9.59 Å². The van der Waals surface area contributed by atoms with E-state index in [1.807, 2.05) is 55.5 Å². The molecule has 30 heavy (non-hydrogen) atoms. The maximum atomic E-state index is 12.7. The van der Waals surface area contributed by atoms with E-state index >= 15 is 0 Å². The number of halogens is 1. The highest BCUT2D eigenvalue weighted by Crippen LogP contribution is 2.17. The molecule has 0 radical (unpaired) electrons. The van der Waals surface area contributed by atoms with Gasteiger partial charge >= 0.3 is 0 Å². The number of rotatable bonds is 5. The summed E-state index contributed by atoms with van der Waals surface area (Å²) >= 11 is 3.45. The van der Waals surface area contributed by atoms with Gasteiger partial charge in [0.25, 0.3) is 5.56 Å². The van der Waals surface area contributed by atoms with E-state index in [0.29, 0.717) is 18.0 Å². The second-order valence-electron chi connectivity index (χ2n) is 6.84. The predicted molar refractivity (Wildman–Crippen MR) is 118 cm³/mol. The van der Waals surface area contributed by atoms with Gasteiger partial charge in [0.1, 0.15) is 18.3 Å². The summed E-state index contributed by atoms with van der Waals surface area (Å²) in [6, 6.07) is 15.4. The molecule has 4 rings (SSSR count). The van der Waals surface area contributed by atoms with Crippen LogP contribution in [0, 0.1) is 6.92 Å². The summed E-state index contributed by atoms with van der Waals surface area (Å²) in [5.74, 6) is 0.213. The molecule has 1 amide bonds. The fourth-order valence-electron chi connectivity index (χ4n) is 2.95. The van der Waals surface area contributed by atoms with Gasteiger partial charge in [-0.25, -0.2) is 15.0 Å². The van der Waals surface area contributed by atoms with Crippen LogP contribution in [0.2, 0.25) is 0 Å². The van der Waals surface area contributed by atoms with Crippen molar-refractivity contribution >= 4 is 32.9 Å². The van der Waals surface area contributed by atoms with E-state index in [1.165, 1.54) is 17.1 Å². The Hall–Kier alpha value is -3.39. The predicted octanol–water partition coefficient (Wildman–Crippen LogP) is 3.24. The largest absolute Gasteiger partial charge is 0.350 e. The first-order chi connectivity index (χ1) is 14.5. The lowest BCUT2D eigenvalue weighted by Gasteiger charge is -2.09. The van der Waals surface area contributed by atoms with Crippen molar-refractivity contribution in [3.63, 3.8) is 0 Å². The van der Waals surface area contributed by atoms with Crippen LogP contribution in [-0.4, -0.2) is 25.4 Å². The Morgan fingerprint density at radius 1 is 1.10 bits per heavy atom. The van der Waals surface area contributed by atoms with Gasteiger partial charge in [-0.2, -0.15) is 0 Å². The van der Waals surface area contributed by atoms with Crippen LogP contribution in [0.25, 0.3) is 22.4 Å². The van der Waals surface area contributed by atoms with Crippen LogP contribution in [0.4, 0.5) is 0 Å². The van der Waals surface area contributed by atoms with E-state index in [2.05, 4.69) is 36.2 Å². The van der Waals surface area contributed by atoms with E-state index in [1.54, 1.807) is 0 Å². The standard InChI is InChI=1S/C22H18BrN5O2/c1-14-6-8-15(9-7-14)20-25-11-17-21(27-20)26-13-28(22(17)30)12-19(29)24-10-16-4-2-3-5-18(16)23/h2-9,11,13H,10,12H2,1H3,(H,24,29). The molecule has 0 bridgehead atoms. The molecule has 0 aliphatic heterocycles. The smallest absolute Gasteiger partial charge is 0.264 e. The zero-order chi connectivity index (χ0) is 21.1. The number of hydrogen-bond acceptors (Lipinski definition) is 5. The Labute approximate surface area is 181 Å². The van der Waals surface area contributed by atoms with Crippen LogP contribution in [0.15, 0.2) is 70.3 Å².